The molecule has 1 aromatic rings. The van der Waals surface area contributed by atoms with Gasteiger partial charge < -0.3 is 5.32 Å². The standard InChI is InChI=1S/C12H20N2S/c1-11(2)10-13-7-5-9-15-12-6-3-4-8-14-12/h3-4,6,8,11,13H,5,7,9-10H2,1-2H3. The van der Waals surface area contributed by atoms with Gasteiger partial charge in [-0.05, 0) is 37.6 Å². The minimum Gasteiger partial charge on any atom is -0.316 e. The molecule has 0 amide bonds. The lowest BCUT2D eigenvalue weighted by Gasteiger charge is -2.06. The second-order valence-corrected chi connectivity index (χ2v) is 5.08. The maximum atomic E-state index is 4.27. The van der Waals surface area contributed by atoms with E-state index >= 15 is 0 Å². The number of nitrogens with zero attached hydrogens (tertiary/aromatic N) is 1. The number of aromatic nitrogens is 1. The van der Waals surface area contributed by atoms with Crippen molar-refractivity contribution in [3.05, 3.63) is 24.4 Å². The molecule has 0 fully saturated rings. The van der Waals surface area contributed by atoms with Crippen LogP contribution >= 0.6 is 11.8 Å². The molecule has 0 spiro atoms. The van der Waals surface area contributed by atoms with Gasteiger partial charge in [-0.3, -0.25) is 0 Å². The van der Waals surface area contributed by atoms with E-state index < -0.39 is 0 Å². The minimum absolute atomic E-state index is 0.744. The minimum atomic E-state index is 0.744. The van der Waals surface area contributed by atoms with Crippen LogP contribution in [0, 0.1) is 5.92 Å². The molecular weight excluding hydrogens is 204 g/mol. The zero-order valence-corrected chi connectivity index (χ0v) is 10.4. The molecule has 0 radical (unpaired) electrons. The lowest BCUT2D eigenvalue weighted by atomic mass is 10.2. The molecule has 0 unspecified atom stereocenters. The van der Waals surface area contributed by atoms with Crippen molar-refractivity contribution in [3.63, 3.8) is 0 Å². The highest BCUT2D eigenvalue weighted by Crippen LogP contribution is 2.14. The van der Waals surface area contributed by atoms with Crippen molar-refractivity contribution < 1.29 is 0 Å². The second kappa shape index (κ2) is 7.71. The summed E-state index contributed by atoms with van der Waals surface area (Å²) in [6.07, 6.45) is 3.05. The fraction of sp³-hybridized carbons (Fsp3) is 0.583. The molecule has 1 rings (SSSR count). The number of hydrogen-bond acceptors (Lipinski definition) is 3. The first-order chi connectivity index (χ1) is 7.29. The Morgan fingerprint density at radius 3 is 2.93 bits per heavy atom. The summed E-state index contributed by atoms with van der Waals surface area (Å²) in [6.45, 7) is 6.69. The smallest absolute Gasteiger partial charge is 0.0959 e. The number of pyridine rings is 1. The Kier molecular flexibility index (Phi) is 6.44. The van der Waals surface area contributed by atoms with E-state index in [0.717, 1.165) is 29.8 Å². The van der Waals surface area contributed by atoms with E-state index in [0.29, 0.717) is 0 Å². The Hall–Kier alpha value is -0.540. The molecule has 0 bridgehead atoms. The molecule has 0 aliphatic carbocycles. The third-order valence-electron chi connectivity index (χ3n) is 1.94. The molecule has 0 aliphatic heterocycles. The molecule has 2 nitrogen and oxygen atoms in total. The van der Waals surface area contributed by atoms with Crippen molar-refractivity contribution in [1.82, 2.24) is 10.3 Å². The van der Waals surface area contributed by atoms with Gasteiger partial charge in [-0.25, -0.2) is 4.98 Å². The molecule has 0 aromatic carbocycles. The Labute approximate surface area is 96.9 Å². The van der Waals surface area contributed by atoms with Crippen LogP contribution in [0.5, 0.6) is 0 Å². The van der Waals surface area contributed by atoms with Crippen molar-refractivity contribution in [2.75, 3.05) is 18.8 Å². The third kappa shape index (κ3) is 6.52. The van der Waals surface area contributed by atoms with Crippen LogP contribution in [-0.4, -0.2) is 23.8 Å². The van der Waals surface area contributed by atoms with E-state index in [1.165, 1.54) is 6.42 Å². The van der Waals surface area contributed by atoms with Crippen LogP contribution in [0.3, 0.4) is 0 Å². The van der Waals surface area contributed by atoms with E-state index in [-0.39, 0.29) is 0 Å². The molecule has 0 atom stereocenters. The van der Waals surface area contributed by atoms with Crippen molar-refractivity contribution in [1.29, 1.82) is 0 Å². The topological polar surface area (TPSA) is 24.9 Å². The molecule has 3 heteroatoms. The summed E-state index contributed by atoms with van der Waals surface area (Å²) in [4.78, 5) is 4.27. The van der Waals surface area contributed by atoms with E-state index in [4.69, 9.17) is 0 Å². The quantitative estimate of drug-likeness (QED) is 0.569. The highest BCUT2D eigenvalue weighted by atomic mass is 32.2. The van der Waals surface area contributed by atoms with Crippen LogP contribution in [0.15, 0.2) is 29.4 Å². The lowest BCUT2D eigenvalue weighted by molar-refractivity contribution is 0.551. The average molecular weight is 224 g/mol. The van der Waals surface area contributed by atoms with E-state index in [2.05, 4.69) is 30.2 Å². The lowest BCUT2D eigenvalue weighted by Crippen LogP contribution is -2.21. The molecule has 0 saturated heterocycles. The van der Waals surface area contributed by atoms with E-state index in [9.17, 15) is 0 Å². The highest BCUT2D eigenvalue weighted by molar-refractivity contribution is 7.99. The Balaban J connectivity index is 1.98. The van der Waals surface area contributed by atoms with Crippen molar-refractivity contribution in [2.45, 2.75) is 25.3 Å². The van der Waals surface area contributed by atoms with Gasteiger partial charge in [0.25, 0.3) is 0 Å². The van der Waals surface area contributed by atoms with Gasteiger partial charge in [-0.2, -0.15) is 0 Å². The van der Waals surface area contributed by atoms with Gasteiger partial charge >= 0.3 is 0 Å². The number of thioether (sulfide) groups is 1. The number of hydrogen-bond donors (Lipinski definition) is 1. The molecular formula is C12H20N2S. The summed E-state index contributed by atoms with van der Waals surface area (Å²) in [5.41, 5.74) is 0. The number of nitrogens with one attached hydrogen (secondary N) is 1. The van der Waals surface area contributed by atoms with Gasteiger partial charge in [0.1, 0.15) is 0 Å². The molecule has 84 valence electrons. The fourth-order valence-corrected chi connectivity index (χ4v) is 2.01. The normalized spacial score (nSPS) is 10.9. The fourth-order valence-electron chi connectivity index (χ4n) is 1.20. The molecule has 1 heterocycles. The second-order valence-electron chi connectivity index (χ2n) is 3.97. The maximum Gasteiger partial charge on any atom is 0.0959 e. The van der Waals surface area contributed by atoms with Gasteiger partial charge in [0, 0.05) is 11.9 Å². The summed E-state index contributed by atoms with van der Waals surface area (Å²) in [6, 6.07) is 6.05. The van der Waals surface area contributed by atoms with Crippen LogP contribution in [-0.2, 0) is 0 Å². The molecule has 1 N–H and O–H groups in total. The summed E-state index contributed by atoms with van der Waals surface area (Å²) in [5, 5.41) is 4.56. The van der Waals surface area contributed by atoms with E-state index in [1.54, 1.807) is 0 Å². The van der Waals surface area contributed by atoms with Crippen LogP contribution < -0.4 is 5.32 Å². The molecule has 1 aromatic heterocycles. The van der Waals surface area contributed by atoms with Crippen LogP contribution in [0.4, 0.5) is 0 Å². The van der Waals surface area contributed by atoms with Gasteiger partial charge in [-0.15, -0.1) is 11.8 Å². The van der Waals surface area contributed by atoms with Crippen molar-refractivity contribution in [2.24, 2.45) is 5.92 Å². The molecule has 0 aliphatic rings. The monoisotopic (exact) mass is 224 g/mol. The summed E-state index contributed by atoms with van der Waals surface area (Å²) in [5.74, 6) is 1.88. The largest absolute Gasteiger partial charge is 0.316 e. The zero-order chi connectivity index (χ0) is 10.9. The van der Waals surface area contributed by atoms with Gasteiger partial charge in [-0.1, -0.05) is 19.9 Å². The third-order valence-corrected chi connectivity index (χ3v) is 2.97. The zero-order valence-electron chi connectivity index (χ0n) is 9.57. The first kappa shape index (κ1) is 12.5. The molecule has 15 heavy (non-hydrogen) atoms. The van der Waals surface area contributed by atoms with Gasteiger partial charge in [0.05, 0.1) is 5.03 Å². The van der Waals surface area contributed by atoms with Crippen LogP contribution in [0.2, 0.25) is 0 Å². The van der Waals surface area contributed by atoms with Gasteiger partial charge in [0.15, 0.2) is 0 Å². The Bertz CT molecular complexity index is 249. The van der Waals surface area contributed by atoms with Crippen molar-refractivity contribution >= 4 is 11.8 Å². The summed E-state index contributed by atoms with van der Waals surface area (Å²) in [7, 11) is 0. The molecule has 0 saturated carbocycles. The average Bonchev–Trinajstić information content (AvgIpc) is 2.24. The van der Waals surface area contributed by atoms with Crippen LogP contribution in [0.25, 0.3) is 0 Å². The SMILES string of the molecule is CC(C)CNCCCSc1ccccn1. The summed E-state index contributed by atoms with van der Waals surface area (Å²) >= 11 is 1.83. The first-order valence-corrected chi connectivity index (χ1v) is 6.52. The first-order valence-electron chi connectivity index (χ1n) is 5.53. The predicted molar refractivity (Wildman–Crippen MR) is 67.3 cm³/mol. The predicted octanol–water partition coefficient (Wildman–Crippen LogP) is 2.81. The highest BCUT2D eigenvalue weighted by Gasteiger charge is 1.95. The van der Waals surface area contributed by atoms with Crippen LogP contribution in [0.1, 0.15) is 20.3 Å². The van der Waals surface area contributed by atoms with E-state index in [1.807, 2.05) is 30.1 Å². The Morgan fingerprint density at radius 1 is 1.40 bits per heavy atom. The Morgan fingerprint density at radius 2 is 2.27 bits per heavy atom. The van der Waals surface area contributed by atoms with Crippen molar-refractivity contribution in [3.8, 4) is 0 Å². The summed E-state index contributed by atoms with van der Waals surface area (Å²) < 4.78 is 0. The number of rotatable bonds is 7. The maximum absolute atomic E-state index is 4.27. The van der Waals surface area contributed by atoms with Gasteiger partial charge in [0.2, 0.25) is 0 Å².